The first-order chi connectivity index (χ1) is 11.8. The topological polar surface area (TPSA) is 18.5 Å². The summed E-state index contributed by atoms with van der Waals surface area (Å²) in [6.45, 7) is 5.63. The summed E-state index contributed by atoms with van der Waals surface area (Å²) < 4.78 is 11.6. The number of benzene rings is 2. The van der Waals surface area contributed by atoms with Crippen molar-refractivity contribution in [2.75, 3.05) is 18.5 Å². The van der Waals surface area contributed by atoms with E-state index < -0.39 is 0 Å². The van der Waals surface area contributed by atoms with E-state index in [0.717, 1.165) is 29.9 Å². The molecule has 3 heteroatoms. The van der Waals surface area contributed by atoms with Gasteiger partial charge in [0.1, 0.15) is 11.5 Å². The molecule has 0 aromatic heterocycles. The molecule has 0 spiro atoms. The van der Waals surface area contributed by atoms with Gasteiger partial charge in [-0.3, -0.25) is 0 Å². The molecule has 0 aliphatic carbocycles. The van der Waals surface area contributed by atoms with E-state index in [2.05, 4.69) is 53.2 Å². The van der Waals surface area contributed by atoms with Crippen molar-refractivity contribution in [2.24, 2.45) is 0 Å². The van der Waals surface area contributed by atoms with E-state index in [0.29, 0.717) is 6.61 Å². The van der Waals surface area contributed by atoms with Gasteiger partial charge < -0.3 is 9.47 Å². The van der Waals surface area contributed by atoms with E-state index in [1.165, 1.54) is 48.4 Å². The van der Waals surface area contributed by atoms with Crippen LogP contribution in [0, 0.1) is 6.92 Å². The molecule has 0 amide bonds. The van der Waals surface area contributed by atoms with Crippen LogP contribution in [0.1, 0.15) is 51.0 Å². The number of hydrogen-bond acceptors (Lipinski definition) is 2. The molecule has 0 fully saturated rings. The van der Waals surface area contributed by atoms with Gasteiger partial charge in [-0.25, -0.2) is 0 Å². The maximum absolute atomic E-state index is 5.92. The third kappa shape index (κ3) is 5.70. The van der Waals surface area contributed by atoms with E-state index in [4.69, 9.17) is 9.47 Å². The van der Waals surface area contributed by atoms with Crippen LogP contribution < -0.4 is 9.47 Å². The van der Waals surface area contributed by atoms with Gasteiger partial charge in [-0.15, -0.1) is 0 Å². The molecule has 0 unspecified atom stereocenters. The van der Waals surface area contributed by atoms with Crippen LogP contribution in [-0.2, 0) is 0 Å². The zero-order valence-electron chi connectivity index (χ0n) is 14.9. The SMILES string of the molecule is CCOc1ccc2cc(OCCCCCCCCBr)ccc2c1C. The highest BCUT2D eigenvalue weighted by Crippen LogP contribution is 2.30. The number of hydrogen-bond donors (Lipinski definition) is 0. The molecule has 0 atom stereocenters. The monoisotopic (exact) mass is 392 g/mol. The molecule has 0 bridgehead atoms. The average molecular weight is 393 g/mol. The fourth-order valence-electron chi connectivity index (χ4n) is 2.94. The minimum atomic E-state index is 0.698. The lowest BCUT2D eigenvalue weighted by atomic mass is 10.0. The predicted molar refractivity (Wildman–Crippen MR) is 107 cm³/mol. The van der Waals surface area contributed by atoms with E-state index in [9.17, 15) is 0 Å². The van der Waals surface area contributed by atoms with Gasteiger partial charge in [0.25, 0.3) is 0 Å². The van der Waals surface area contributed by atoms with Gasteiger partial charge in [0.15, 0.2) is 0 Å². The highest BCUT2D eigenvalue weighted by atomic mass is 79.9. The van der Waals surface area contributed by atoms with Crippen molar-refractivity contribution in [3.8, 4) is 11.5 Å². The van der Waals surface area contributed by atoms with Crippen molar-refractivity contribution in [2.45, 2.75) is 52.4 Å². The Morgan fingerprint density at radius 3 is 2.38 bits per heavy atom. The highest BCUT2D eigenvalue weighted by molar-refractivity contribution is 9.09. The molecule has 0 heterocycles. The number of unbranched alkanes of at least 4 members (excludes halogenated alkanes) is 5. The van der Waals surface area contributed by atoms with Crippen LogP contribution in [0.15, 0.2) is 30.3 Å². The molecule has 0 aliphatic heterocycles. The van der Waals surface area contributed by atoms with Crippen LogP contribution in [0.3, 0.4) is 0 Å². The maximum atomic E-state index is 5.92. The van der Waals surface area contributed by atoms with Crippen LogP contribution in [0.5, 0.6) is 11.5 Å². The summed E-state index contributed by atoms with van der Waals surface area (Å²) in [6, 6.07) is 10.5. The van der Waals surface area contributed by atoms with E-state index >= 15 is 0 Å². The van der Waals surface area contributed by atoms with Crippen LogP contribution in [-0.4, -0.2) is 18.5 Å². The largest absolute Gasteiger partial charge is 0.494 e. The fraction of sp³-hybridized carbons (Fsp3) is 0.524. The minimum Gasteiger partial charge on any atom is -0.494 e. The van der Waals surface area contributed by atoms with Crippen LogP contribution in [0.25, 0.3) is 10.8 Å². The smallest absolute Gasteiger partial charge is 0.122 e. The second-order valence-corrected chi connectivity index (χ2v) is 6.96. The molecule has 0 saturated heterocycles. The van der Waals surface area contributed by atoms with E-state index in [1.807, 2.05) is 6.92 Å². The standard InChI is InChI=1S/C21H29BrO2/c1-3-23-21-13-10-18-16-19(11-12-20(18)17(21)2)24-15-9-7-5-4-6-8-14-22/h10-13,16H,3-9,14-15H2,1-2H3. The number of aryl methyl sites for hydroxylation is 1. The molecule has 24 heavy (non-hydrogen) atoms. The Hall–Kier alpha value is -1.22. The molecule has 2 nitrogen and oxygen atoms in total. The molecule has 2 aromatic carbocycles. The summed E-state index contributed by atoms with van der Waals surface area (Å²) >= 11 is 3.48. The molecule has 0 aliphatic rings. The summed E-state index contributed by atoms with van der Waals surface area (Å²) in [7, 11) is 0. The van der Waals surface area contributed by atoms with Crippen molar-refractivity contribution < 1.29 is 9.47 Å². The number of ether oxygens (including phenoxy) is 2. The highest BCUT2D eigenvalue weighted by Gasteiger charge is 2.05. The van der Waals surface area contributed by atoms with Crippen molar-refractivity contribution >= 4 is 26.7 Å². The molecular weight excluding hydrogens is 364 g/mol. The van der Waals surface area contributed by atoms with Gasteiger partial charge in [0.05, 0.1) is 13.2 Å². The van der Waals surface area contributed by atoms with Gasteiger partial charge in [0, 0.05) is 5.33 Å². The lowest BCUT2D eigenvalue weighted by molar-refractivity contribution is 0.305. The summed E-state index contributed by atoms with van der Waals surface area (Å²) in [5.74, 6) is 1.93. The van der Waals surface area contributed by atoms with Gasteiger partial charge in [-0.1, -0.05) is 53.7 Å². The molecule has 2 aromatic rings. The molecule has 0 N–H and O–H groups in total. The molecular formula is C21H29BrO2. The molecule has 2 rings (SSSR count). The second-order valence-electron chi connectivity index (χ2n) is 6.16. The average Bonchev–Trinajstić information content (AvgIpc) is 2.60. The second kappa shape index (κ2) is 10.6. The fourth-order valence-corrected chi connectivity index (χ4v) is 3.34. The summed E-state index contributed by atoms with van der Waals surface area (Å²) in [4.78, 5) is 0. The van der Waals surface area contributed by atoms with Crippen LogP contribution in [0.4, 0.5) is 0 Å². The van der Waals surface area contributed by atoms with Gasteiger partial charge >= 0.3 is 0 Å². The van der Waals surface area contributed by atoms with Crippen molar-refractivity contribution in [3.63, 3.8) is 0 Å². The summed E-state index contributed by atoms with van der Waals surface area (Å²) in [6.07, 6.45) is 7.66. The Balaban J connectivity index is 1.82. The number of rotatable bonds is 11. The van der Waals surface area contributed by atoms with Crippen molar-refractivity contribution in [1.29, 1.82) is 0 Å². The maximum Gasteiger partial charge on any atom is 0.122 e. The normalized spacial score (nSPS) is 11.0. The quantitative estimate of drug-likeness (QED) is 0.314. The van der Waals surface area contributed by atoms with Crippen LogP contribution >= 0.6 is 15.9 Å². The van der Waals surface area contributed by atoms with E-state index in [-0.39, 0.29) is 0 Å². The van der Waals surface area contributed by atoms with Gasteiger partial charge in [-0.05, 0) is 61.2 Å². The number of alkyl halides is 1. The first-order valence-electron chi connectivity index (χ1n) is 9.11. The summed E-state index contributed by atoms with van der Waals surface area (Å²) in [5, 5.41) is 3.58. The Morgan fingerprint density at radius 2 is 1.62 bits per heavy atom. The predicted octanol–water partition coefficient (Wildman–Crippen LogP) is 6.66. The number of fused-ring (bicyclic) bond motifs is 1. The molecule has 0 saturated carbocycles. The lowest BCUT2D eigenvalue weighted by Gasteiger charge is -2.12. The zero-order valence-corrected chi connectivity index (χ0v) is 16.5. The van der Waals surface area contributed by atoms with Crippen molar-refractivity contribution in [1.82, 2.24) is 0 Å². The van der Waals surface area contributed by atoms with Crippen molar-refractivity contribution in [3.05, 3.63) is 35.9 Å². The first-order valence-corrected chi connectivity index (χ1v) is 10.2. The number of halogens is 1. The first kappa shape index (κ1) is 19.1. The third-order valence-corrected chi connectivity index (χ3v) is 4.87. The molecule has 132 valence electrons. The Bertz CT molecular complexity index is 625. The van der Waals surface area contributed by atoms with E-state index in [1.54, 1.807) is 0 Å². The van der Waals surface area contributed by atoms with Gasteiger partial charge in [0.2, 0.25) is 0 Å². The lowest BCUT2D eigenvalue weighted by Crippen LogP contribution is -1.98. The zero-order chi connectivity index (χ0) is 17.2. The Morgan fingerprint density at radius 1 is 0.875 bits per heavy atom. The Labute approximate surface area is 154 Å². The minimum absolute atomic E-state index is 0.698. The third-order valence-electron chi connectivity index (χ3n) is 4.31. The summed E-state index contributed by atoms with van der Waals surface area (Å²) in [5.41, 5.74) is 1.20. The van der Waals surface area contributed by atoms with Gasteiger partial charge in [-0.2, -0.15) is 0 Å². The molecule has 0 radical (unpaired) electrons. The Kier molecular flexibility index (Phi) is 8.44. The van der Waals surface area contributed by atoms with Crippen LogP contribution in [0.2, 0.25) is 0 Å².